The van der Waals surface area contributed by atoms with Crippen molar-refractivity contribution >= 4 is 31.9 Å². The van der Waals surface area contributed by atoms with E-state index in [1.165, 1.54) is 7.05 Å². The lowest BCUT2D eigenvalue weighted by molar-refractivity contribution is -0.137. The molecule has 1 rings (SSSR count). The van der Waals surface area contributed by atoms with Crippen molar-refractivity contribution in [3.63, 3.8) is 0 Å². The van der Waals surface area contributed by atoms with Gasteiger partial charge >= 0.3 is 5.97 Å². The van der Waals surface area contributed by atoms with Gasteiger partial charge in [-0.05, 0) is 21.8 Å². The SMILES string of the molecule is CC(C)CN(CC(=O)O)S(=O)(=O)c1c(Br)nnn1C. The summed E-state index contributed by atoms with van der Waals surface area (Å²) < 4.78 is 26.9. The molecule has 0 atom stereocenters. The van der Waals surface area contributed by atoms with Gasteiger partial charge < -0.3 is 5.11 Å². The number of rotatable bonds is 6. The maximum Gasteiger partial charge on any atom is 0.318 e. The molecule has 0 radical (unpaired) electrons. The number of hydrogen-bond donors (Lipinski definition) is 1. The van der Waals surface area contributed by atoms with Gasteiger partial charge in [-0.3, -0.25) is 4.79 Å². The van der Waals surface area contributed by atoms with Gasteiger partial charge in [-0.25, -0.2) is 13.1 Å². The van der Waals surface area contributed by atoms with Gasteiger partial charge in [-0.2, -0.15) is 4.31 Å². The molecule has 0 amide bonds. The molecule has 0 spiro atoms. The minimum atomic E-state index is -3.97. The monoisotopic (exact) mass is 354 g/mol. The molecule has 0 bridgehead atoms. The molecule has 0 aliphatic carbocycles. The summed E-state index contributed by atoms with van der Waals surface area (Å²) in [5.74, 6) is -1.22. The van der Waals surface area contributed by atoms with Gasteiger partial charge in [-0.15, -0.1) is 5.10 Å². The van der Waals surface area contributed by atoms with Crippen LogP contribution in [0.4, 0.5) is 0 Å². The second-order valence-corrected chi connectivity index (χ2v) is 7.00. The first kappa shape index (κ1) is 16.1. The number of aromatic nitrogens is 3. The molecule has 10 heteroatoms. The lowest BCUT2D eigenvalue weighted by Gasteiger charge is -2.21. The Morgan fingerprint density at radius 1 is 1.53 bits per heavy atom. The largest absolute Gasteiger partial charge is 0.480 e. The van der Waals surface area contributed by atoms with Crippen molar-refractivity contribution in [1.29, 1.82) is 0 Å². The highest BCUT2D eigenvalue weighted by Gasteiger charge is 2.32. The lowest BCUT2D eigenvalue weighted by atomic mass is 10.2. The molecule has 0 aromatic carbocycles. The van der Waals surface area contributed by atoms with Crippen LogP contribution in [0.5, 0.6) is 0 Å². The average Bonchev–Trinajstić information content (AvgIpc) is 2.56. The molecule has 1 aromatic heterocycles. The van der Waals surface area contributed by atoms with Gasteiger partial charge in [0.2, 0.25) is 5.03 Å². The third kappa shape index (κ3) is 3.74. The molecule has 8 nitrogen and oxygen atoms in total. The normalized spacial score (nSPS) is 12.3. The molecule has 0 unspecified atom stereocenters. The Morgan fingerprint density at radius 3 is 2.47 bits per heavy atom. The Bertz CT molecular complexity index is 549. The summed E-state index contributed by atoms with van der Waals surface area (Å²) in [4.78, 5) is 10.8. The van der Waals surface area contributed by atoms with Crippen molar-refractivity contribution < 1.29 is 18.3 Å². The predicted octanol–water partition coefficient (Wildman–Crippen LogP) is 0.309. The van der Waals surface area contributed by atoms with Crippen LogP contribution >= 0.6 is 15.9 Å². The first-order valence-electron chi connectivity index (χ1n) is 5.43. The van der Waals surface area contributed by atoms with E-state index in [0.29, 0.717) is 0 Å². The van der Waals surface area contributed by atoms with Crippen LogP contribution in [0.3, 0.4) is 0 Å². The zero-order valence-electron chi connectivity index (χ0n) is 10.7. The van der Waals surface area contributed by atoms with Gasteiger partial charge in [-0.1, -0.05) is 19.1 Å². The molecular formula is C9H15BrN4O4S. The van der Waals surface area contributed by atoms with Crippen LogP contribution in [0.2, 0.25) is 0 Å². The van der Waals surface area contributed by atoms with E-state index < -0.39 is 22.5 Å². The maximum atomic E-state index is 12.4. The number of aryl methyl sites for hydroxylation is 1. The number of halogens is 1. The highest BCUT2D eigenvalue weighted by atomic mass is 79.9. The van der Waals surface area contributed by atoms with E-state index in [9.17, 15) is 13.2 Å². The first-order valence-corrected chi connectivity index (χ1v) is 7.66. The fourth-order valence-electron chi connectivity index (χ4n) is 1.52. The smallest absolute Gasteiger partial charge is 0.318 e. The summed E-state index contributed by atoms with van der Waals surface area (Å²) in [5, 5.41) is 15.9. The molecule has 108 valence electrons. The molecule has 0 saturated carbocycles. The molecule has 0 saturated heterocycles. The van der Waals surface area contributed by atoms with Crippen LogP contribution < -0.4 is 0 Å². The quantitative estimate of drug-likeness (QED) is 0.787. The average molecular weight is 355 g/mol. The molecule has 0 aliphatic heterocycles. The van der Waals surface area contributed by atoms with E-state index in [1.807, 2.05) is 0 Å². The van der Waals surface area contributed by atoms with Crippen molar-refractivity contribution in [3.05, 3.63) is 4.60 Å². The summed E-state index contributed by atoms with van der Waals surface area (Å²) >= 11 is 3.01. The van der Waals surface area contributed by atoms with Gasteiger partial charge in [0.25, 0.3) is 10.0 Å². The van der Waals surface area contributed by atoms with Crippen LogP contribution in [-0.4, -0.2) is 51.9 Å². The van der Waals surface area contributed by atoms with Crippen molar-refractivity contribution in [2.45, 2.75) is 18.9 Å². The van der Waals surface area contributed by atoms with E-state index in [0.717, 1.165) is 8.99 Å². The number of carboxylic acids is 1. The zero-order valence-corrected chi connectivity index (χ0v) is 13.1. The minimum Gasteiger partial charge on any atom is -0.480 e. The summed E-state index contributed by atoms with van der Waals surface area (Å²) in [7, 11) is -2.54. The highest BCUT2D eigenvalue weighted by molar-refractivity contribution is 9.10. The van der Waals surface area contributed by atoms with Crippen LogP contribution in [0.1, 0.15) is 13.8 Å². The maximum absolute atomic E-state index is 12.4. The molecule has 19 heavy (non-hydrogen) atoms. The van der Waals surface area contributed by atoms with Crippen molar-refractivity contribution in [2.75, 3.05) is 13.1 Å². The summed E-state index contributed by atoms with van der Waals surface area (Å²) in [5.41, 5.74) is 0. The van der Waals surface area contributed by atoms with Gasteiger partial charge in [0.15, 0.2) is 4.60 Å². The van der Waals surface area contributed by atoms with Crippen molar-refractivity contribution in [2.24, 2.45) is 13.0 Å². The molecule has 0 fully saturated rings. The number of carbonyl (C=O) groups is 1. The number of hydrogen-bond acceptors (Lipinski definition) is 5. The Hall–Kier alpha value is -1.00. The van der Waals surface area contributed by atoms with E-state index in [2.05, 4.69) is 26.2 Å². The van der Waals surface area contributed by atoms with E-state index in [-0.39, 0.29) is 22.1 Å². The number of sulfonamides is 1. The van der Waals surface area contributed by atoms with Gasteiger partial charge in [0.05, 0.1) is 0 Å². The van der Waals surface area contributed by atoms with Crippen LogP contribution in [0.25, 0.3) is 0 Å². The first-order chi connectivity index (χ1) is 8.66. The fourth-order valence-corrected chi connectivity index (χ4v) is 4.11. The number of aliphatic carboxylic acids is 1. The Kier molecular flexibility index (Phi) is 5.04. The summed E-state index contributed by atoms with van der Waals surface area (Å²) in [6.07, 6.45) is 0. The Labute approximate surface area is 119 Å². The summed E-state index contributed by atoms with van der Waals surface area (Å²) in [6, 6.07) is 0. The van der Waals surface area contributed by atoms with Gasteiger partial charge in [0, 0.05) is 13.6 Å². The standard InChI is InChI=1S/C9H15BrN4O4S/c1-6(2)4-14(5-7(15)16)19(17,18)9-8(10)11-12-13(9)3/h6H,4-5H2,1-3H3,(H,15,16). The molecule has 0 aliphatic rings. The molecule has 1 N–H and O–H groups in total. The predicted molar refractivity (Wildman–Crippen MR) is 69.9 cm³/mol. The van der Waals surface area contributed by atoms with Crippen molar-refractivity contribution in [3.8, 4) is 0 Å². The lowest BCUT2D eigenvalue weighted by Crippen LogP contribution is -2.39. The van der Waals surface area contributed by atoms with Crippen LogP contribution in [0.15, 0.2) is 9.63 Å². The third-order valence-corrected chi connectivity index (χ3v) is 4.90. The summed E-state index contributed by atoms with van der Waals surface area (Å²) in [6.45, 7) is 3.12. The van der Waals surface area contributed by atoms with Crippen LogP contribution in [-0.2, 0) is 21.9 Å². The molecular weight excluding hydrogens is 340 g/mol. The fraction of sp³-hybridized carbons (Fsp3) is 0.667. The third-order valence-electron chi connectivity index (χ3n) is 2.20. The topological polar surface area (TPSA) is 105 Å². The van der Waals surface area contributed by atoms with Crippen molar-refractivity contribution in [1.82, 2.24) is 19.3 Å². The number of nitrogens with zero attached hydrogens (tertiary/aromatic N) is 4. The molecule has 1 heterocycles. The highest BCUT2D eigenvalue weighted by Crippen LogP contribution is 2.22. The van der Waals surface area contributed by atoms with E-state index >= 15 is 0 Å². The van der Waals surface area contributed by atoms with E-state index in [4.69, 9.17) is 5.11 Å². The Balaban J connectivity index is 3.23. The van der Waals surface area contributed by atoms with E-state index in [1.54, 1.807) is 13.8 Å². The Morgan fingerprint density at radius 2 is 2.11 bits per heavy atom. The minimum absolute atomic E-state index is 0.00547. The zero-order chi connectivity index (χ0) is 14.8. The molecule has 1 aromatic rings. The van der Waals surface area contributed by atoms with Crippen LogP contribution in [0, 0.1) is 5.92 Å². The second kappa shape index (κ2) is 5.97. The number of carboxylic acid groups (broad SMARTS) is 1. The second-order valence-electron chi connectivity index (χ2n) is 4.39. The van der Waals surface area contributed by atoms with Gasteiger partial charge in [0.1, 0.15) is 6.54 Å².